The minimum atomic E-state index is -0.792. The second kappa shape index (κ2) is 9.29. The van der Waals surface area contributed by atoms with Crippen molar-refractivity contribution in [3.8, 4) is 0 Å². The van der Waals surface area contributed by atoms with E-state index in [0.717, 1.165) is 24.6 Å². The van der Waals surface area contributed by atoms with Crippen LogP contribution in [-0.4, -0.2) is 42.3 Å². The molecule has 6 nitrogen and oxygen atoms in total. The number of likely N-dealkylation sites (tertiary alicyclic amines) is 1. The maximum atomic E-state index is 13.6. The Balaban J connectivity index is 1.48. The lowest BCUT2D eigenvalue weighted by Gasteiger charge is -2.35. The topological polar surface area (TPSA) is 69.7 Å². The number of piperidine rings is 1. The predicted molar refractivity (Wildman–Crippen MR) is 121 cm³/mol. The van der Waals surface area contributed by atoms with E-state index >= 15 is 0 Å². The SMILES string of the molecule is CC1CC(C)CN(C(=O)c2ccccc2NC(=O)C2CC(=O)N(c3cc(F)cc(F)c3)C2)C1. The standard InChI is InChI=1S/C25H27F2N3O3/c1-15-7-16(2)13-29(12-15)25(33)21-5-3-4-6-22(21)28-24(32)17-8-23(31)30(14-17)20-10-18(26)9-19(27)11-20/h3-6,9-11,15-17H,7-8,12-14H2,1-2H3,(H,28,32). The third-order valence-electron chi connectivity index (χ3n) is 6.23. The summed E-state index contributed by atoms with van der Waals surface area (Å²) in [4.78, 5) is 41.7. The summed E-state index contributed by atoms with van der Waals surface area (Å²) in [6, 6.07) is 9.69. The van der Waals surface area contributed by atoms with Gasteiger partial charge < -0.3 is 15.1 Å². The predicted octanol–water partition coefficient (Wildman–Crippen LogP) is 4.07. The number of amides is 3. The Morgan fingerprint density at radius 3 is 2.27 bits per heavy atom. The highest BCUT2D eigenvalue weighted by Gasteiger charge is 2.36. The van der Waals surface area contributed by atoms with Gasteiger partial charge in [-0.05, 0) is 42.5 Å². The highest BCUT2D eigenvalue weighted by atomic mass is 19.1. The summed E-state index contributed by atoms with van der Waals surface area (Å²) in [5, 5.41) is 2.80. The molecule has 33 heavy (non-hydrogen) atoms. The lowest BCUT2D eigenvalue weighted by Crippen LogP contribution is -2.42. The Kier molecular flexibility index (Phi) is 6.44. The number of anilines is 2. The fourth-order valence-electron chi connectivity index (χ4n) is 4.84. The van der Waals surface area contributed by atoms with Gasteiger partial charge in [-0.3, -0.25) is 14.4 Å². The van der Waals surface area contributed by atoms with E-state index in [4.69, 9.17) is 0 Å². The zero-order valence-electron chi connectivity index (χ0n) is 18.7. The van der Waals surface area contributed by atoms with Crippen molar-refractivity contribution in [3.63, 3.8) is 0 Å². The number of carbonyl (C=O) groups is 3. The van der Waals surface area contributed by atoms with E-state index in [-0.39, 0.29) is 30.5 Å². The number of benzene rings is 2. The van der Waals surface area contributed by atoms with Gasteiger partial charge in [0.05, 0.1) is 17.2 Å². The van der Waals surface area contributed by atoms with E-state index in [9.17, 15) is 23.2 Å². The van der Waals surface area contributed by atoms with Gasteiger partial charge in [0.2, 0.25) is 11.8 Å². The van der Waals surface area contributed by atoms with Crippen LogP contribution in [0.4, 0.5) is 20.2 Å². The van der Waals surface area contributed by atoms with Gasteiger partial charge >= 0.3 is 0 Å². The van der Waals surface area contributed by atoms with Crippen molar-refractivity contribution in [1.29, 1.82) is 0 Å². The van der Waals surface area contributed by atoms with Gasteiger partial charge in [-0.2, -0.15) is 0 Å². The summed E-state index contributed by atoms with van der Waals surface area (Å²) in [5.41, 5.74) is 0.873. The van der Waals surface area contributed by atoms with E-state index in [1.165, 1.54) is 4.90 Å². The average Bonchev–Trinajstić information content (AvgIpc) is 3.14. The second-order valence-electron chi connectivity index (χ2n) is 9.22. The van der Waals surface area contributed by atoms with Crippen LogP contribution >= 0.6 is 0 Å². The smallest absolute Gasteiger partial charge is 0.255 e. The molecule has 2 aromatic rings. The molecule has 2 aromatic carbocycles. The molecule has 0 saturated carbocycles. The molecule has 0 spiro atoms. The summed E-state index contributed by atoms with van der Waals surface area (Å²) in [5.74, 6) is -2.42. The maximum absolute atomic E-state index is 13.6. The van der Waals surface area contributed by atoms with Crippen LogP contribution < -0.4 is 10.2 Å². The number of para-hydroxylation sites is 1. The molecule has 3 unspecified atom stereocenters. The van der Waals surface area contributed by atoms with Crippen molar-refractivity contribution < 1.29 is 23.2 Å². The molecule has 0 radical (unpaired) electrons. The molecule has 2 fully saturated rings. The molecule has 174 valence electrons. The van der Waals surface area contributed by atoms with Gasteiger partial charge in [0.1, 0.15) is 11.6 Å². The van der Waals surface area contributed by atoms with Crippen molar-refractivity contribution in [3.05, 3.63) is 59.7 Å². The van der Waals surface area contributed by atoms with Crippen LogP contribution in [0.2, 0.25) is 0 Å². The molecular formula is C25H27F2N3O3. The second-order valence-corrected chi connectivity index (χ2v) is 9.22. The van der Waals surface area contributed by atoms with Gasteiger partial charge in [0.25, 0.3) is 5.91 Å². The lowest BCUT2D eigenvalue weighted by atomic mass is 9.91. The zero-order chi connectivity index (χ0) is 23.7. The van der Waals surface area contributed by atoms with E-state index in [0.29, 0.717) is 36.2 Å². The molecule has 8 heteroatoms. The number of rotatable bonds is 4. The fourth-order valence-corrected chi connectivity index (χ4v) is 4.84. The Bertz CT molecular complexity index is 1060. The van der Waals surface area contributed by atoms with Crippen molar-refractivity contribution in [2.45, 2.75) is 26.7 Å². The van der Waals surface area contributed by atoms with E-state index in [1.54, 1.807) is 24.3 Å². The molecule has 2 aliphatic rings. The first-order valence-corrected chi connectivity index (χ1v) is 11.2. The van der Waals surface area contributed by atoms with Crippen molar-refractivity contribution >= 4 is 29.1 Å². The van der Waals surface area contributed by atoms with Crippen LogP contribution in [0.1, 0.15) is 37.0 Å². The molecule has 3 atom stereocenters. The molecule has 0 aliphatic carbocycles. The molecule has 1 N–H and O–H groups in total. The number of nitrogens with zero attached hydrogens (tertiary/aromatic N) is 2. The van der Waals surface area contributed by atoms with Gasteiger partial charge in [0, 0.05) is 37.8 Å². The number of hydrogen-bond acceptors (Lipinski definition) is 3. The van der Waals surface area contributed by atoms with Crippen LogP contribution in [0.25, 0.3) is 0 Å². The van der Waals surface area contributed by atoms with Gasteiger partial charge in [-0.1, -0.05) is 26.0 Å². The van der Waals surface area contributed by atoms with Gasteiger partial charge in [-0.25, -0.2) is 8.78 Å². The van der Waals surface area contributed by atoms with Crippen LogP contribution in [0, 0.1) is 29.4 Å². The number of halogens is 2. The molecule has 3 amide bonds. The minimum Gasteiger partial charge on any atom is -0.338 e. The number of nitrogens with one attached hydrogen (secondary N) is 1. The van der Waals surface area contributed by atoms with Crippen LogP contribution in [0.15, 0.2) is 42.5 Å². The molecule has 2 heterocycles. The minimum absolute atomic E-state index is 0.00479. The average molecular weight is 456 g/mol. The zero-order valence-corrected chi connectivity index (χ0v) is 18.7. The molecule has 2 aliphatic heterocycles. The Morgan fingerprint density at radius 2 is 1.61 bits per heavy atom. The molecule has 0 bridgehead atoms. The molecule has 0 aromatic heterocycles. The Morgan fingerprint density at radius 1 is 0.970 bits per heavy atom. The summed E-state index contributed by atoms with van der Waals surface area (Å²) >= 11 is 0. The third kappa shape index (κ3) is 5.05. The number of carbonyl (C=O) groups excluding carboxylic acids is 3. The van der Waals surface area contributed by atoms with Crippen molar-refractivity contribution in [2.75, 3.05) is 29.9 Å². The van der Waals surface area contributed by atoms with Crippen LogP contribution in [0.3, 0.4) is 0 Å². The first-order valence-electron chi connectivity index (χ1n) is 11.2. The summed E-state index contributed by atoms with van der Waals surface area (Å²) in [6.45, 7) is 5.59. The third-order valence-corrected chi connectivity index (χ3v) is 6.23. The molecular weight excluding hydrogens is 428 g/mol. The summed E-state index contributed by atoms with van der Waals surface area (Å²) in [7, 11) is 0. The van der Waals surface area contributed by atoms with Gasteiger partial charge in [-0.15, -0.1) is 0 Å². The largest absolute Gasteiger partial charge is 0.338 e. The molecule has 2 saturated heterocycles. The number of hydrogen-bond donors (Lipinski definition) is 1. The highest BCUT2D eigenvalue weighted by molar-refractivity contribution is 6.07. The summed E-state index contributed by atoms with van der Waals surface area (Å²) < 4.78 is 27.2. The quantitative estimate of drug-likeness (QED) is 0.756. The summed E-state index contributed by atoms with van der Waals surface area (Å²) in [6.07, 6.45) is 0.991. The lowest BCUT2D eigenvalue weighted by molar-refractivity contribution is -0.122. The first-order chi connectivity index (χ1) is 15.7. The highest BCUT2D eigenvalue weighted by Crippen LogP contribution is 2.29. The van der Waals surface area contributed by atoms with Crippen LogP contribution in [0.5, 0.6) is 0 Å². The van der Waals surface area contributed by atoms with Crippen molar-refractivity contribution in [1.82, 2.24) is 4.90 Å². The monoisotopic (exact) mass is 455 g/mol. The Labute approximate surface area is 191 Å². The van der Waals surface area contributed by atoms with E-state index < -0.39 is 23.5 Å². The van der Waals surface area contributed by atoms with E-state index in [2.05, 4.69) is 19.2 Å². The Hall–Kier alpha value is -3.29. The van der Waals surface area contributed by atoms with Crippen molar-refractivity contribution in [2.24, 2.45) is 17.8 Å². The molecule has 4 rings (SSSR count). The van der Waals surface area contributed by atoms with Crippen LogP contribution in [-0.2, 0) is 9.59 Å². The van der Waals surface area contributed by atoms with E-state index in [1.807, 2.05) is 4.90 Å². The first kappa shape index (κ1) is 22.9. The van der Waals surface area contributed by atoms with Gasteiger partial charge in [0.15, 0.2) is 0 Å². The fraction of sp³-hybridized carbons (Fsp3) is 0.400. The normalized spacial score (nSPS) is 23.0. The maximum Gasteiger partial charge on any atom is 0.255 e.